The Hall–Kier alpha value is -0.990. The van der Waals surface area contributed by atoms with E-state index in [4.69, 9.17) is 0 Å². The van der Waals surface area contributed by atoms with Gasteiger partial charge >= 0.3 is 0 Å². The Morgan fingerprint density at radius 2 is 2.00 bits per heavy atom. The first-order valence-electron chi connectivity index (χ1n) is 6.10. The zero-order valence-corrected chi connectivity index (χ0v) is 11.2. The Bertz CT molecular complexity index is 528. The third-order valence-corrected chi connectivity index (χ3v) is 3.48. The molecule has 0 atom stereocenters. The summed E-state index contributed by atoms with van der Waals surface area (Å²) >= 11 is 0. The van der Waals surface area contributed by atoms with E-state index in [1.807, 2.05) is 0 Å². The molecule has 92 valence electrons. The average molecular weight is 251 g/mol. The third kappa shape index (κ3) is 1.85. The highest BCUT2D eigenvalue weighted by atomic mass is 35.5. The minimum absolute atomic E-state index is 0. The molecule has 2 aromatic rings. The van der Waals surface area contributed by atoms with Crippen LogP contribution in [0.25, 0.3) is 10.9 Å². The lowest BCUT2D eigenvalue weighted by molar-refractivity contribution is 0.553. The highest BCUT2D eigenvalue weighted by Gasteiger charge is 2.20. The predicted molar refractivity (Wildman–Crippen MR) is 75.0 cm³/mol. The van der Waals surface area contributed by atoms with Gasteiger partial charge < -0.3 is 9.88 Å². The molecular formula is C14H19ClN2. The molecule has 1 aromatic heterocycles. The number of rotatable bonds is 1. The molecule has 0 fully saturated rings. The van der Waals surface area contributed by atoms with Gasteiger partial charge in [-0.05, 0) is 25.5 Å². The van der Waals surface area contributed by atoms with Crippen LogP contribution in [0.3, 0.4) is 0 Å². The molecule has 0 bridgehead atoms. The summed E-state index contributed by atoms with van der Waals surface area (Å²) in [7, 11) is 0. The zero-order valence-electron chi connectivity index (χ0n) is 10.4. The van der Waals surface area contributed by atoms with Crippen molar-refractivity contribution in [3.8, 4) is 0 Å². The molecule has 1 aliphatic heterocycles. The summed E-state index contributed by atoms with van der Waals surface area (Å²) in [5.41, 5.74) is 4.44. The minimum Gasteiger partial charge on any atom is -0.342 e. The summed E-state index contributed by atoms with van der Waals surface area (Å²) in [5.74, 6) is 0. The van der Waals surface area contributed by atoms with Crippen LogP contribution in [0.5, 0.6) is 0 Å². The number of fused-ring (bicyclic) bond motifs is 3. The Labute approximate surface area is 108 Å². The first kappa shape index (κ1) is 12.5. The molecule has 3 heteroatoms. The number of halogens is 1. The lowest BCUT2D eigenvalue weighted by Crippen LogP contribution is -2.25. The van der Waals surface area contributed by atoms with E-state index >= 15 is 0 Å². The molecule has 2 heterocycles. The fourth-order valence-corrected chi connectivity index (χ4v) is 2.86. The summed E-state index contributed by atoms with van der Waals surface area (Å²) in [6.07, 6.45) is 1.15. The number of benzene rings is 1. The largest absolute Gasteiger partial charge is 0.342 e. The molecule has 0 amide bonds. The summed E-state index contributed by atoms with van der Waals surface area (Å²) in [5, 5.41) is 4.90. The summed E-state index contributed by atoms with van der Waals surface area (Å²) in [6.45, 7) is 6.68. The van der Waals surface area contributed by atoms with Crippen LogP contribution in [0.4, 0.5) is 0 Å². The van der Waals surface area contributed by atoms with Crippen LogP contribution in [0.1, 0.15) is 31.1 Å². The van der Waals surface area contributed by atoms with Gasteiger partial charge in [-0.15, -0.1) is 12.4 Å². The second-order valence-electron chi connectivity index (χ2n) is 4.83. The predicted octanol–water partition coefficient (Wildman–Crippen LogP) is 3.29. The number of nitrogens with zero attached hydrogens (tertiary/aromatic N) is 1. The van der Waals surface area contributed by atoms with Gasteiger partial charge in [0.1, 0.15) is 0 Å². The van der Waals surface area contributed by atoms with Crippen molar-refractivity contribution in [1.82, 2.24) is 9.88 Å². The highest BCUT2D eigenvalue weighted by molar-refractivity contribution is 5.86. The molecule has 0 radical (unpaired) electrons. The quantitative estimate of drug-likeness (QED) is 0.822. The van der Waals surface area contributed by atoms with Crippen LogP contribution in [-0.4, -0.2) is 11.1 Å². The molecule has 0 saturated carbocycles. The van der Waals surface area contributed by atoms with Crippen LogP contribution in [0, 0.1) is 0 Å². The zero-order chi connectivity index (χ0) is 11.1. The molecule has 2 nitrogen and oxygen atoms in total. The summed E-state index contributed by atoms with van der Waals surface area (Å²) in [6, 6.07) is 9.32. The van der Waals surface area contributed by atoms with E-state index in [1.54, 1.807) is 0 Å². The Morgan fingerprint density at radius 1 is 1.24 bits per heavy atom. The SMILES string of the molecule is CC(C)n1c2c(c3ccccc31)CNCC2.Cl. The second-order valence-corrected chi connectivity index (χ2v) is 4.83. The smallest absolute Gasteiger partial charge is 0.0488 e. The molecule has 0 unspecified atom stereocenters. The topological polar surface area (TPSA) is 17.0 Å². The first-order valence-corrected chi connectivity index (χ1v) is 6.10. The molecule has 17 heavy (non-hydrogen) atoms. The molecule has 0 spiro atoms. The van der Waals surface area contributed by atoms with Gasteiger partial charge in [0.05, 0.1) is 0 Å². The maximum Gasteiger partial charge on any atom is 0.0488 e. The van der Waals surface area contributed by atoms with E-state index in [1.165, 1.54) is 22.2 Å². The van der Waals surface area contributed by atoms with E-state index in [9.17, 15) is 0 Å². The van der Waals surface area contributed by atoms with Crippen molar-refractivity contribution >= 4 is 23.3 Å². The number of para-hydroxylation sites is 1. The van der Waals surface area contributed by atoms with Crippen LogP contribution < -0.4 is 5.32 Å². The molecule has 0 saturated heterocycles. The van der Waals surface area contributed by atoms with Crippen LogP contribution in [0.2, 0.25) is 0 Å². The van der Waals surface area contributed by atoms with Gasteiger partial charge in [-0.25, -0.2) is 0 Å². The van der Waals surface area contributed by atoms with Gasteiger partial charge in [0.15, 0.2) is 0 Å². The maximum atomic E-state index is 3.47. The molecule has 1 aliphatic rings. The van der Waals surface area contributed by atoms with Crippen molar-refractivity contribution in [2.75, 3.05) is 6.54 Å². The van der Waals surface area contributed by atoms with Gasteiger partial charge in [0.2, 0.25) is 0 Å². The normalized spacial score (nSPS) is 14.8. The molecule has 3 rings (SSSR count). The van der Waals surface area contributed by atoms with Crippen molar-refractivity contribution < 1.29 is 0 Å². The van der Waals surface area contributed by atoms with Gasteiger partial charge in [0, 0.05) is 42.1 Å². The lowest BCUT2D eigenvalue weighted by Gasteiger charge is -2.19. The number of hydrogen-bond donors (Lipinski definition) is 1. The fraction of sp³-hybridized carbons (Fsp3) is 0.429. The number of nitrogens with one attached hydrogen (secondary N) is 1. The summed E-state index contributed by atoms with van der Waals surface area (Å²) in [4.78, 5) is 0. The first-order chi connectivity index (χ1) is 7.79. The average Bonchev–Trinajstić information content (AvgIpc) is 2.63. The van der Waals surface area contributed by atoms with Gasteiger partial charge in [0.25, 0.3) is 0 Å². The van der Waals surface area contributed by atoms with E-state index in [0.717, 1.165) is 19.5 Å². The Balaban J connectivity index is 0.00000108. The maximum absolute atomic E-state index is 3.47. The van der Waals surface area contributed by atoms with Crippen molar-refractivity contribution in [2.45, 2.75) is 32.9 Å². The van der Waals surface area contributed by atoms with E-state index in [0.29, 0.717) is 6.04 Å². The lowest BCUT2D eigenvalue weighted by atomic mass is 10.1. The molecular weight excluding hydrogens is 232 g/mol. The number of aromatic nitrogens is 1. The van der Waals surface area contributed by atoms with Crippen molar-refractivity contribution in [3.05, 3.63) is 35.5 Å². The Kier molecular flexibility index (Phi) is 3.45. The highest BCUT2D eigenvalue weighted by Crippen LogP contribution is 2.30. The van der Waals surface area contributed by atoms with Crippen LogP contribution in [0.15, 0.2) is 24.3 Å². The van der Waals surface area contributed by atoms with Crippen LogP contribution in [-0.2, 0) is 13.0 Å². The van der Waals surface area contributed by atoms with Gasteiger partial charge in [-0.3, -0.25) is 0 Å². The van der Waals surface area contributed by atoms with E-state index in [2.05, 4.69) is 48.0 Å². The van der Waals surface area contributed by atoms with Gasteiger partial charge in [-0.1, -0.05) is 18.2 Å². The fourth-order valence-electron chi connectivity index (χ4n) is 2.86. The van der Waals surface area contributed by atoms with Crippen molar-refractivity contribution in [2.24, 2.45) is 0 Å². The van der Waals surface area contributed by atoms with Crippen molar-refractivity contribution in [1.29, 1.82) is 0 Å². The standard InChI is InChI=1S/C14H18N2.ClH/c1-10(2)16-13-6-4-3-5-11(13)12-9-15-8-7-14(12)16;/h3-6,10,15H,7-9H2,1-2H3;1H. The second kappa shape index (κ2) is 4.71. The third-order valence-electron chi connectivity index (χ3n) is 3.48. The van der Waals surface area contributed by atoms with Gasteiger partial charge in [-0.2, -0.15) is 0 Å². The Morgan fingerprint density at radius 3 is 2.76 bits per heavy atom. The van der Waals surface area contributed by atoms with Crippen molar-refractivity contribution in [3.63, 3.8) is 0 Å². The van der Waals surface area contributed by atoms with E-state index < -0.39 is 0 Å². The number of hydrogen-bond acceptors (Lipinski definition) is 1. The molecule has 0 aliphatic carbocycles. The minimum atomic E-state index is 0. The molecule has 1 N–H and O–H groups in total. The monoisotopic (exact) mass is 250 g/mol. The summed E-state index contributed by atoms with van der Waals surface area (Å²) < 4.78 is 2.51. The van der Waals surface area contributed by atoms with E-state index in [-0.39, 0.29) is 12.4 Å². The molecule has 1 aromatic carbocycles. The van der Waals surface area contributed by atoms with Crippen LogP contribution >= 0.6 is 12.4 Å².